The lowest BCUT2D eigenvalue weighted by Gasteiger charge is -2.20. The molecule has 0 bridgehead atoms. The summed E-state index contributed by atoms with van der Waals surface area (Å²) in [6, 6.07) is 0.667. The minimum atomic E-state index is -0.0728. The molecule has 0 amide bonds. The smallest absolute Gasteiger partial charge is 0.196 e. The van der Waals surface area contributed by atoms with Crippen molar-refractivity contribution in [1.82, 2.24) is 4.98 Å². The monoisotopic (exact) mass is 270 g/mol. The van der Waals surface area contributed by atoms with Crippen molar-refractivity contribution in [2.45, 2.75) is 31.7 Å². The molecule has 0 radical (unpaired) electrons. The standard InChI is InChI=1S/C12H15ClN2OS/c13-5-11(16)10-7-17-12(14-10)15(9-3-4-9)6-8-1-2-8/h7-9H,1-6H2. The van der Waals surface area contributed by atoms with Gasteiger partial charge in [-0.3, -0.25) is 4.79 Å². The van der Waals surface area contributed by atoms with E-state index in [9.17, 15) is 4.79 Å². The molecule has 1 aromatic rings. The van der Waals surface area contributed by atoms with Crippen LogP contribution < -0.4 is 4.90 Å². The Kier molecular flexibility index (Phi) is 3.09. The molecule has 2 aliphatic carbocycles. The molecule has 0 atom stereocenters. The zero-order valence-electron chi connectivity index (χ0n) is 9.56. The molecule has 1 heterocycles. The number of rotatable bonds is 6. The number of Topliss-reactive ketones (excluding diaryl/α,β-unsaturated/α-hetero) is 1. The van der Waals surface area contributed by atoms with Gasteiger partial charge in [-0.2, -0.15) is 0 Å². The summed E-state index contributed by atoms with van der Waals surface area (Å²) in [7, 11) is 0. The lowest BCUT2D eigenvalue weighted by molar-refractivity contribution is 0.101. The SMILES string of the molecule is O=C(CCl)c1csc(N(CC2CC2)C2CC2)n1. The van der Waals surface area contributed by atoms with Gasteiger partial charge in [-0.15, -0.1) is 22.9 Å². The Hall–Kier alpha value is -0.610. The molecule has 92 valence electrons. The van der Waals surface area contributed by atoms with E-state index in [0.717, 1.165) is 17.6 Å². The fourth-order valence-corrected chi connectivity index (χ4v) is 2.99. The van der Waals surface area contributed by atoms with Gasteiger partial charge in [-0.05, 0) is 31.6 Å². The summed E-state index contributed by atoms with van der Waals surface area (Å²) in [5.41, 5.74) is 0.529. The predicted molar refractivity (Wildman–Crippen MR) is 70.3 cm³/mol. The second-order valence-electron chi connectivity index (χ2n) is 4.90. The third kappa shape index (κ3) is 2.63. The van der Waals surface area contributed by atoms with Crippen LogP contribution in [0.25, 0.3) is 0 Å². The molecule has 0 spiro atoms. The fourth-order valence-electron chi connectivity index (χ4n) is 1.94. The van der Waals surface area contributed by atoms with Gasteiger partial charge in [0.25, 0.3) is 0 Å². The quantitative estimate of drug-likeness (QED) is 0.589. The van der Waals surface area contributed by atoms with E-state index in [4.69, 9.17) is 11.6 Å². The van der Waals surface area contributed by atoms with Crippen molar-refractivity contribution in [2.24, 2.45) is 5.92 Å². The number of nitrogens with zero attached hydrogens (tertiary/aromatic N) is 2. The molecular weight excluding hydrogens is 256 g/mol. The Morgan fingerprint density at radius 1 is 1.47 bits per heavy atom. The first-order valence-electron chi connectivity index (χ1n) is 6.09. The maximum atomic E-state index is 11.5. The predicted octanol–water partition coefficient (Wildman–Crippen LogP) is 2.94. The van der Waals surface area contributed by atoms with Crippen LogP contribution >= 0.6 is 22.9 Å². The lowest BCUT2D eigenvalue weighted by atomic mass is 10.3. The normalized spacial score (nSPS) is 19.4. The van der Waals surface area contributed by atoms with Crippen molar-refractivity contribution >= 4 is 33.9 Å². The summed E-state index contributed by atoms with van der Waals surface area (Å²) in [5.74, 6) is 0.804. The van der Waals surface area contributed by atoms with Crippen LogP contribution in [0.2, 0.25) is 0 Å². The van der Waals surface area contributed by atoms with Crippen LogP contribution in [0.3, 0.4) is 0 Å². The van der Waals surface area contributed by atoms with Crippen molar-refractivity contribution in [3.05, 3.63) is 11.1 Å². The zero-order chi connectivity index (χ0) is 11.8. The average Bonchev–Trinajstić information content (AvgIpc) is 3.24. The van der Waals surface area contributed by atoms with Crippen molar-refractivity contribution in [1.29, 1.82) is 0 Å². The van der Waals surface area contributed by atoms with Crippen LogP contribution in [-0.2, 0) is 0 Å². The van der Waals surface area contributed by atoms with E-state index in [1.807, 2.05) is 5.38 Å². The summed E-state index contributed by atoms with van der Waals surface area (Å²) in [6.45, 7) is 1.12. The van der Waals surface area contributed by atoms with Gasteiger partial charge in [0, 0.05) is 18.0 Å². The highest BCUT2D eigenvalue weighted by molar-refractivity contribution is 7.14. The molecule has 2 aliphatic rings. The van der Waals surface area contributed by atoms with Gasteiger partial charge in [0.05, 0.1) is 5.88 Å². The number of ketones is 1. The number of carbonyl (C=O) groups is 1. The van der Waals surface area contributed by atoms with Crippen LogP contribution in [0.4, 0.5) is 5.13 Å². The summed E-state index contributed by atoms with van der Waals surface area (Å²) in [5, 5.41) is 2.84. The molecule has 0 aliphatic heterocycles. The Morgan fingerprint density at radius 2 is 2.24 bits per heavy atom. The van der Waals surface area contributed by atoms with Gasteiger partial charge in [-0.1, -0.05) is 0 Å². The molecule has 17 heavy (non-hydrogen) atoms. The van der Waals surface area contributed by atoms with E-state index in [1.165, 1.54) is 25.7 Å². The summed E-state index contributed by atoms with van der Waals surface area (Å²) in [6.07, 6.45) is 5.24. The van der Waals surface area contributed by atoms with E-state index in [0.29, 0.717) is 11.7 Å². The fraction of sp³-hybridized carbons (Fsp3) is 0.667. The zero-order valence-corrected chi connectivity index (χ0v) is 11.1. The molecule has 0 saturated heterocycles. The van der Waals surface area contributed by atoms with E-state index in [2.05, 4.69) is 9.88 Å². The number of carbonyl (C=O) groups excluding carboxylic acids is 1. The summed E-state index contributed by atoms with van der Waals surface area (Å²) in [4.78, 5) is 18.3. The minimum absolute atomic E-state index is 0.0230. The number of alkyl halides is 1. The molecule has 2 fully saturated rings. The Morgan fingerprint density at radius 3 is 2.82 bits per heavy atom. The number of hydrogen-bond acceptors (Lipinski definition) is 4. The van der Waals surface area contributed by atoms with Crippen molar-refractivity contribution in [3.63, 3.8) is 0 Å². The molecule has 0 aromatic carbocycles. The van der Waals surface area contributed by atoms with Crippen molar-refractivity contribution < 1.29 is 4.79 Å². The first-order valence-corrected chi connectivity index (χ1v) is 7.50. The van der Waals surface area contributed by atoms with E-state index in [-0.39, 0.29) is 11.7 Å². The molecular formula is C12H15ClN2OS. The topological polar surface area (TPSA) is 33.2 Å². The Balaban J connectivity index is 1.75. The number of halogens is 1. The number of aromatic nitrogens is 1. The lowest BCUT2D eigenvalue weighted by Crippen LogP contribution is -2.27. The van der Waals surface area contributed by atoms with Crippen LogP contribution in [0.1, 0.15) is 36.2 Å². The van der Waals surface area contributed by atoms with Crippen molar-refractivity contribution in [2.75, 3.05) is 17.3 Å². The second-order valence-corrected chi connectivity index (χ2v) is 6.00. The maximum Gasteiger partial charge on any atom is 0.196 e. The minimum Gasteiger partial charge on any atom is -0.345 e. The number of hydrogen-bond donors (Lipinski definition) is 0. The highest BCUT2D eigenvalue weighted by atomic mass is 35.5. The molecule has 2 saturated carbocycles. The second kappa shape index (κ2) is 4.58. The highest BCUT2D eigenvalue weighted by Crippen LogP contribution is 2.38. The van der Waals surface area contributed by atoms with Gasteiger partial charge >= 0.3 is 0 Å². The Bertz CT molecular complexity index is 426. The molecule has 3 rings (SSSR count). The van der Waals surface area contributed by atoms with E-state index in [1.54, 1.807) is 11.3 Å². The highest BCUT2D eigenvalue weighted by Gasteiger charge is 2.35. The van der Waals surface area contributed by atoms with Crippen molar-refractivity contribution in [3.8, 4) is 0 Å². The van der Waals surface area contributed by atoms with Crippen LogP contribution in [0.5, 0.6) is 0 Å². The Labute approximate surface area is 110 Å². The average molecular weight is 271 g/mol. The van der Waals surface area contributed by atoms with Crippen LogP contribution in [-0.4, -0.2) is 29.2 Å². The van der Waals surface area contributed by atoms with Gasteiger partial charge in [0.2, 0.25) is 0 Å². The third-order valence-electron chi connectivity index (χ3n) is 3.28. The number of anilines is 1. The summed E-state index contributed by atoms with van der Waals surface area (Å²) < 4.78 is 0. The first kappa shape index (κ1) is 11.5. The van der Waals surface area contributed by atoms with E-state index < -0.39 is 0 Å². The van der Waals surface area contributed by atoms with Crippen LogP contribution in [0.15, 0.2) is 5.38 Å². The van der Waals surface area contributed by atoms with E-state index >= 15 is 0 Å². The molecule has 0 N–H and O–H groups in total. The third-order valence-corrected chi connectivity index (χ3v) is 4.40. The molecule has 1 aromatic heterocycles. The first-order chi connectivity index (χ1) is 8.28. The maximum absolute atomic E-state index is 11.5. The van der Waals surface area contributed by atoms with Gasteiger partial charge in [-0.25, -0.2) is 4.98 Å². The molecule has 5 heteroatoms. The van der Waals surface area contributed by atoms with Gasteiger partial charge < -0.3 is 4.90 Å². The number of thiazole rings is 1. The van der Waals surface area contributed by atoms with Crippen LogP contribution in [0, 0.1) is 5.92 Å². The van der Waals surface area contributed by atoms with Gasteiger partial charge in [0.15, 0.2) is 10.9 Å². The summed E-state index contributed by atoms with van der Waals surface area (Å²) >= 11 is 7.12. The largest absolute Gasteiger partial charge is 0.345 e. The van der Waals surface area contributed by atoms with Gasteiger partial charge in [0.1, 0.15) is 5.69 Å². The molecule has 0 unspecified atom stereocenters. The molecule has 3 nitrogen and oxygen atoms in total.